The molecule has 36 heavy (non-hydrogen) atoms. The lowest BCUT2D eigenvalue weighted by atomic mass is 9.67. The van der Waals surface area contributed by atoms with Crippen molar-refractivity contribution in [3.63, 3.8) is 0 Å². The fraction of sp³-hybridized carbons (Fsp3) is 1.00. The second-order valence-electron chi connectivity index (χ2n) is 13.6. The molecule has 9 atom stereocenters. The van der Waals surface area contributed by atoms with E-state index < -0.39 is 12.5 Å². The highest BCUT2D eigenvalue weighted by atomic mass is 35.5. The highest BCUT2D eigenvalue weighted by molar-refractivity contribution is 6.20. The van der Waals surface area contributed by atoms with Gasteiger partial charge in [0.25, 0.3) is 0 Å². The lowest BCUT2D eigenvalue weighted by Gasteiger charge is -2.43. The van der Waals surface area contributed by atoms with Gasteiger partial charge in [0.05, 0.1) is 0 Å². The van der Waals surface area contributed by atoms with Crippen LogP contribution in [0.5, 0.6) is 0 Å². The minimum atomic E-state index is -0.651. The minimum Gasteiger partial charge on any atom is -0.379 e. The third kappa shape index (κ3) is 7.39. The smallest absolute Gasteiger partial charge is 0.123 e. The van der Waals surface area contributed by atoms with E-state index in [0.29, 0.717) is 23.3 Å². The van der Waals surface area contributed by atoms with Crippen molar-refractivity contribution in [1.82, 2.24) is 10.2 Å². The largest absolute Gasteiger partial charge is 0.379 e. The van der Waals surface area contributed by atoms with E-state index in [0.717, 1.165) is 62.4 Å². The molecule has 0 spiro atoms. The van der Waals surface area contributed by atoms with Crippen LogP contribution in [0.2, 0.25) is 0 Å². The van der Waals surface area contributed by atoms with E-state index >= 15 is 0 Å². The standard InChI is InChI=1S/C30H56ClN3O2/c1-19(2)28(30(36)34-15-14-26(18-34)21-10-12-27(31)13-11-21)33-20(3)22-6-4-7-23(16-22)24-8-5-9-25(17-24)29(32)35/h19-30,33,35-36H,4-18,32H2,1-3H3/t20?,21?,22?,23?,24?,25?,26?,27?,28-,29?,30?/m1/s1. The Bertz CT molecular complexity index is 656. The zero-order chi connectivity index (χ0) is 25.8. The number of halogens is 1. The number of nitrogens with zero attached hydrogens (tertiary/aromatic N) is 1. The number of hydrogen-bond acceptors (Lipinski definition) is 5. The third-order valence-corrected chi connectivity index (χ3v) is 11.3. The van der Waals surface area contributed by atoms with Gasteiger partial charge in [-0.15, -0.1) is 11.6 Å². The number of aliphatic hydroxyl groups is 2. The van der Waals surface area contributed by atoms with Crippen LogP contribution < -0.4 is 11.1 Å². The fourth-order valence-corrected chi connectivity index (χ4v) is 8.69. The molecule has 5 nitrogen and oxygen atoms in total. The quantitative estimate of drug-likeness (QED) is 0.242. The summed E-state index contributed by atoms with van der Waals surface area (Å²) < 4.78 is 0. The number of nitrogens with one attached hydrogen (secondary N) is 1. The van der Waals surface area contributed by atoms with Crippen molar-refractivity contribution in [2.75, 3.05) is 13.1 Å². The summed E-state index contributed by atoms with van der Waals surface area (Å²) in [6, 6.07) is 0.510. The van der Waals surface area contributed by atoms with Gasteiger partial charge in [-0.1, -0.05) is 39.5 Å². The molecule has 0 bridgehead atoms. The molecule has 210 valence electrons. The van der Waals surface area contributed by atoms with Gasteiger partial charge in [-0.3, -0.25) is 4.90 Å². The molecule has 6 heteroatoms. The predicted octanol–water partition coefficient (Wildman–Crippen LogP) is 5.32. The monoisotopic (exact) mass is 525 g/mol. The number of rotatable bonds is 9. The molecule has 1 aliphatic heterocycles. The molecule has 0 amide bonds. The van der Waals surface area contributed by atoms with E-state index in [-0.39, 0.29) is 12.0 Å². The van der Waals surface area contributed by atoms with Crippen molar-refractivity contribution < 1.29 is 10.2 Å². The Labute approximate surface area is 226 Å². The van der Waals surface area contributed by atoms with Gasteiger partial charge in [0.2, 0.25) is 0 Å². The highest BCUT2D eigenvalue weighted by Gasteiger charge is 2.39. The maximum Gasteiger partial charge on any atom is 0.123 e. The number of nitrogens with two attached hydrogens (primary N) is 1. The van der Waals surface area contributed by atoms with Crippen molar-refractivity contribution in [3.05, 3.63) is 0 Å². The van der Waals surface area contributed by atoms with Gasteiger partial charge in [0.1, 0.15) is 12.5 Å². The van der Waals surface area contributed by atoms with E-state index in [1.165, 1.54) is 57.8 Å². The van der Waals surface area contributed by atoms with Gasteiger partial charge in [-0.2, -0.15) is 0 Å². The second-order valence-corrected chi connectivity index (χ2v) is 14.2. The first-order chi connectivity index (χ1) is 17.2. The normalized spacial score (nSPS) is 40.2. The Morgan fingerprint density at radius 1 is 0.778 bits per heavy atom. The maximum absolute atomic E-state index is 11.5. The molecular formula is C30H56ClN3O2. The summed E-state index contributed by atoms with van der Waals surface area (Å²) in [5.41, 5.74) is 5.87. The first-order valence-corrected chi connectivity index (χ1v) is 15.9. The molecule has 0 aromatic heterocycles. The van der Waals surface area contributed by atoms with Crippen LogP contribution in [0.25, 0.3) is 0 Å². The van der Waals surface area contributed by atoms with Crippen LogP contribution in [0, 0.1) is 41.4 Å². The van der Waals surface area contributed by atoms with Crippen LogP contribution >= 0.6 is 11.6 Å². The van der Waals surface area contributed by atoms with Gasteiger partial charge in [0, 0.05) is 30.6 Å². The lowest BCUT2D eigenvalue weighted by Crippen LogP contribution is -2.56. The molecule has 4 aliphatic rings. The van der Waals surface area contributed by atoms with Crippen LogP contribution in [0.15, 0.2) is 0 Å². The third-order valence-electron chi connectivity index (χ3n) is 10.9. The number of hydrogen-bond donors (Lipinski definition) is 4. The van der Waals surface area contributed by atoms with Crippen molar-refractivity contribution in [2.24, 2.45) is 47.2 Å². The van der Waals surface area contributed by atoms with Gasteiger partial charge in [-0.25, -0.2) is 0 Å². The lowest BCUT2D eigenvalue weighted by molar-refractivity contribution is -0.0323. The van der Waals surface area contributed by atoms with E-state index in [1.54, 1.807) is 0 Å². The van der Waals surface area contributed by atoms with Crippen molar-refractivity contribution in [3.8, 4) is 0 Å². The minimum absolute atomic E-state index is 0.101. The molecule has 0 aromatic carbocycles. The number of aliphatic hydroxyl groups excluding tert-OH is 2. The maximum atomic E-state index is 11.5. The molecule has 3 saturated carbocycles. The summed E-state index contributed by atoms with van der Waals surface area (Å²) in [6.07, 6.45) is 14.9. The summed E-state index contributed by atoms with van der Waals surface area (Å²) in [4.78, 5) is 2.37. The van der Waals surface area contributed by atoms with Crippen LogP contribution in [-0.4, -0.2) is 58.1 Å². The van der Waals surface area contributed by atoms with E-state index in [2.05, 4.69) is 31.0 Å². The second kappa shape index (κ2) is 13.4. The molecule has 5 N–H and O–H groups in total. The van der Waals surface area contributed by atoms with Crippen LogP contribution in [0.3, 0.4) is 0 Å². The zero-order valence-corrected chi connectivity index (χ0v) is 24.1. The average molecular weight is 526 g/mol. The Balaban J connectivity index is 1.29. The van der Waals surface area contributed by atoms with E-state index in [9.17, 15) is 10.2 Å². The Hall–Kier alpha value is 0.0900. The summed E-state index contributed by atoms with van der Waals surface area (Å²) in [5.74, 6) is 4.34. The Morgan fingerprint density at radius 2 is 1.39 bits per heavy atom. The first-order valence-electron chi connectivity index (χ1n) is 15.5. The fourth-order valence-electron chi connectivity index (χ4n) is 8.43. The molecule has 3 aliphatic carbocycles. The molecular weight excluding hydrogens is 470 g/mol. The molecule has 1 saturated heterocycles. The topological polar surface area (TPSA) is 81.8 Å². The summed E-state index contributed by atoms with van der Waals surface area (Å²) in [6.45, 7) is 8.94. The highest BCUT2D eigenvalue weighted by Crippen LogP contribution is 2.43. The Morgan fingerprint density at radius 3 is 2.00 bits per heavy atom. The summed E-state index contributed by atoms with van der Waals surface area (Å²) in [5, 5.41) is 25.8. The molecule has 8 unspecified atom stereocenters. The molecule has 1 heterocycles. The first kappa shape index (κ1) is 29.1. The average Bonchev–Trinajstić information content (AvgIpc) is 3.37. The Kier molecular flexibility index (Phi) is 10.9. The predicted molar refractivity (Wildman–Crippen MR) is 150 cm³/mol. The van der Waals surface area contributed by atoms with Crippen LogP contribution in [0.4, 0.5) is 0 Å². The molecule has 0 aromatic rings. The SMILES string of the molecule is CC(N[C@H](C(C)C)C(O)N1CCC(C2CCC(Cl)CC2)C1)C1CCCC(C2CCCC(C(N)O)C2)C1. The van der Waals surface area contributed by atoms with Gasteiger partial charge in [-0.05, 0) is 106 Å². The van der Waals surface area contributed by atoms with Crippen molar-refractivity contribution >= 4 is 11.6 Å². The van der Waals surface area contributed by atoms with Gasteiger partial charge >= 0.3 is 0 Å². The number of alkyl halides is 1. The summed E-state index contributed by atoms with van der Waals surface area (Å²) >= 11 is 6.35. The summed E-state index contributed by atoms with van der Waals surface area (Å²) in [7, 11) is 0. The van der Waals surface area contributed by atoms with Gasteiger partial charge in [0.15, 0.2) is 0 Å². The van der Waals surface area contributed by atoms with Gasteiger partial charge < -0.3 is 21.3 Å². The van der Waals surface area contributed by atoms with Crippen molar-refractivity contribution in [1.29, 1.82) is 0 Å². The van der Waals surface area contributed by atoms with Crippen molar-refractivity contribution in [2.45, 2.75) is 134 Å². The molecule has 4 fully saturated rings. The molecule has 4 rings (SSSR count). The molecule has 0 radical (unpaired) electrons. The number of likely N-dealkylation sites (tertiary alicyclic amines) is 1. The zero-order valence-electron chi connectivity index (χ0n) is 23.3. The van der Waals surface area contributed by atoms with Crippen LogP contribution in [-0.2, 0) is 0 Å². The van der Waals surface area contributed by atoms with E-state index in [1.807, 2.05) is 0 Å². The van der Waals surface area contributed by atoms with Crippen LogP contribution in [0.1, 0.15) is 104 Å². The van der Waals surface area contributed by atoms with E-state index in [4.69, 9.17) is 17.3 Å².